The molecule has 0 amide bonds. The van der Waals surface area contributed by atoms with Crippen LogP contribution in [0.2, 0.25) is 0 Å². The lowest BCUT2D eigenvalue weighted by Crippen LogP contribution is -2.08. The normalized spacial score (nSPS) is 16.8. The lowest BCUT2D eigenvalue weighted by molar-refractivity contribution is 0.757. The molecule has 3 heterocycles. The fraction of sp³-hybridized carbons (Fsp3) is 0.200. The molecule has 1 aliphatic rings. The Kier molecular flexibility index (Phi) is 2.12. The molecule has 1 unspecified atom stereocenters. The molecule has 1 aromatic carbocycles. The number of aromatic nitrogens is 3. The van der Waals surface area contributed by atoms with Gasteiger partial charge in [0.25, 0.3) is 0 Å². The summed E-state index contributed by atoms with van der Waals surface area (Å²) in [6.07, 6.45) is 4.94. The van der Waals surface area contributed by atoms with E-state index < -0.39 is 0 Å². The standard InChI is InChI=1S/C15H14N4/c1-2-12-11-7-16-15-14(11)10(8-17-19-15)9-5-3-4-6-13(9)18-12/h3-8,12,18H,2H2,1H3,(H,16,19). The summed E-state index contributed by atoms with van der Waals surface area (Å²) in [6, 6.07) is 8.69. The molecule has 0 spiro atoms. The summed E-state index contributed by atoms with van der Waals surface area (Å²) >= 11 is 0. The largest absolute Gasteiger partial charge is 0.378 e. The van der Waals surface area contributed by atoms with Crippen molar-refractivity contribution in [1.29, 1.82) is 0 Å². The van der Waals surface area contributed by atoms with Crippen LogP contribution < -0.4 is 5.32 Å². The van der Waals surface area contributed by atoms with E-state index in [1.165, 1.54) is 22.2 Å². The van der Waals surface area contributed by atoms with Gasteiger partial charge in [-0.05, 0) is 12.5 Å². The average molecular weight is 250 g/mol. The third kappa shape index (κ3) is 1.40. The Balaban J connectivity index is 2.14. The zero-order chi connectivity index (χ0) is 12.8. The van der Waals surface area contributed by atoms with E-state index in [0.717, 1.165) is 17.6 Å². The number of nitrogens with zero attached hydrogens (tertiary/aromatic N) is 2. The van der Waals surface area contributed by atoms with Crippen LogP contribution in [0.5, 0.6) is 0 Å². The zero-order valence-corrected chi connectivity index (χ0v) is 10.6. The zero-order valence-electron chi connectivity index (χ0n) is 10.6. The van der Waals surface area contributed by atoms with Gasteiger partial charge in [0.1, 0.15) is 0 Å². The molecule has 0 saturated heterocycles. The molecule has 2 aromatic heterocycles. The fourth-order valence-corrected chi connectivity index (χ4v) is 2.91. The van der Waals surface area contributed by atoms with Crippen LogP contribution in [0.25, 0.3) is 22.2 Å². The first-order valence-electron chi connectivity index (χ1n) is 6.57. The molecule has 19 heavy (non-hydrogen) atoms. The number of nitrogens with one attached hydrogen (secondary N) is 2. The molecule has 4 rings (SSSR count). The maximum absolute atomic E-state index is 4.19. The van der Waals surface area contributed by atoms with E-state index in [9.17, 15) is 0 Å². The molecule has 0 bridgehead atoms. The minimum atomic E-state index is 0.306. The smallest absolute Gasteiger partial charge is 0.160 e. The lowest BCUT2D eigenvalue weighted by atomic mass is 10.0. The Morgan fingerprint density at radius 2 is 2.11 bits per heavy atom. The summed E-state index contributed by atoms with van der Waals surface area (Å²) in [5, 5.41) is 13.1. The van der Waals surface area contributed by atoms with E-state index in [1.54, 1.807) is 0 Å². The van der Waals surface area contributed by atoms with E-state index in [4.69, 9.17) is 0 Å². The second-order valence-corrected chi connectivity index (χ2v) is 4.88. The first kappa shape index (κ1) is 10.6. The number of para-hydroxylation sites is 1. The van der Waals surface area contributed by atoms with Gasteiger partial charge in [-0.3, -0.25) is 0 Å². The second kappa shape index (κ2) is 3.82. The van der Waals surface area contributed by atoms with Gasteiger partial charge in [-0.25, -0.2) is 0 Å². The quantitative estimate of drug-likeness (QED) is 0.695. The van der Waals surface area contributed by atoms with Crippen LogP contribution in [0.1, 0.15) is 24.9 Å². The van der Waals surface area contributed by atoms with E-state index in [0.29, 0.717) is 6.04 Å². The first-order chi connectivity index (χ1) is 9.38. The Bertz CT molecular complexity index is 760. The molecule has 0 saturated carbocycles. The Labute approximate surface area is 110 Å². The van der Waals surface area contributed by atoms with Crippen LogP contribution in [-0.4, -0.2) is 15.2 Å². The predicted octanol–water partition coefficient (Wildman–Crippen LogP) is 3.50. The second-order valence-electron chi connectivity index (χ2n) is 4.88. The van der Waals surface area contributed by atoms with E-state index in [1.807, 2.05) is 6.20 Å². The van der Waals surface area contributed by atoms with Crippen LogP contribution in [0, 0.1) is 0 Å². The van der Waals surface area contributed by atoms with Gasteiger partial charge >= 0.3 is 0 Å². The van der Waals surface area contributed by atoms with E-state index >= 15 is 0 Å². The summed E-state index contributed by atoms with van der Waals surface area (Å²) in [7, 11) is 0. The molecule has 4 nitrogen and oxygen atoms in total. The number of H-pyrrole nitrogens is 1. The number of rotatable bonds is 1. The van der Waals surface area contributed by atoms with Gasteiger partial charge in [0.05, 0.1) is 12.2 Å². The SMILES string of the molecule is CCC1Nc2ccccc2-c2cnnc3[nH]cc1c23. The third-order valence-corrected chi connectivity index (χ3v) is 3.83. The first-order valence-corrected chi connectivity index (χ1v) is 6.57. The maximum atomic E-state index is 4.19. The van der Waals surface area contributed by atoms with Crippen molar-refractivity contribution in [3.05, 3.63) is 42.2 Å². The van der Waals surface area contributed by atoms with Crippen molar-refractivity contribution in [3.8, 4) is 11.1 Å². The van der Waals surface area contributed by atoms with Gasteiger partial charge < -0.3 is 10.3 Å². The van der Waals surface area contributed by atoms with Gasteiger partial charge in [0.2, 0.25) is 0 Å². The van der Waals surface area contributed by atoms with Gasteiger partial charge in [0.15, 0.2) is 5.65 Å². The Morgan fingerprint density at radius 1 is 1.21 bits per heavy atom. The predicted molar refractivity (Wildman–Crippen MR) is 76.0 cm³/mol. The molecular formula is C15H14N4. The monoisotopic (exact) mass is 250 g/mol. The molecule has 0 radical (unpaired) electrons. The van der Waals surface area contributed by atoms with Crippen LogP contribution in [-0.2, 0) is 0 Å². The summed E-state index contributed by atoms with van der Waals surface area (Å²) in [6.45, 7) is 2.19. The number of aromatic amines is 1. The minimum absolute atomic E-state index is 0.306. The van der Waals surface area contributed by atoms with Crippen molar-refractivity contribution < 1.29 is 0 Å². The van der Waals surface area contributed by atoms with Crippen molar-refractivity contribution in [1.82, 2.24) is 15.2 Å². The molecular weight excluding hydrogens is 236 g/mol. The highest BCUT2D eigenvalue weighted by Crippen LogP contribution is 2.41. The van der Waals surface area contributed by atoms with E-state index in [-0.39, 0.29) is 0 Å². The van der Waals surface area contributed by atoms with Crippen LogP contribution >= 0.6 is 0 Å². The van der Waals surface area contributed by atoms with Crippen LogP contribution in [0.4, 0.5) is 5.69 Å². The summed E-state index contributed by atoms with van der Waals surface area (Å²) in [5.74, 6) is 0. The molecule has 4 heteroatoms. The van der Waals surface area contributed by atoms with E-state index in [2.05, 4.69) is 57.9 Å². The topological polar surface area (TPSA) is 53.6 Å². The number of benzene rings is 1. The fourth-order valence-electron chi connectivity index (χ4n) is 2.91. The van der Waals surface area contributed by atoms with Gasteiger partial charge in [-0.2, -0.15) is 5.10 Å². The molecule has 0 fully saturated rings. The highest BCUT2D eigenvalue weighted by Gasteiger charge is 2.23. The van der Waals surface area contributed by atoms with Crippen molar-refractivity contribution in [2.24, 2.45) is 0 Å². The van der Waals surface area contributed by atoms with Gasteiger partial charge in [0, 0.05) is 34.0 Å². The van der Waals surface area contributed by atoms with Crippen molar-refractivity contribution in [3.63, 3.8) is 0 Å². The highest BCUT2D eigenvalue weighted by molar-refractivity contribution is 6.00. The Morgan fingerprint density at radius 3 is 3.00 bits per heavy atom. The minimum Gasteiger partial charge on any atom is -0.378 e. The van der Waals surface area contributed by atoms with Crippen molar-refractivity contribution >= 4 is 16.7 Å². The van der Waals surface area contributed by atoms with Crippen molar-refractivity contribution in [2.75, 3.05) is 5.32 Å². The van der Waals surface area contributed by atoms with Gasteiger partial charge in [-0.1, -0.05) is 25.1 Å². The average Bonchev–Trinajstić information content (AvgIpc) is 2.83. The maximum Gasteiger partial charge on any atom is 0.160 e. The number of fused-ring (bicyclic) bond motifs is 2. The third-order valence-electron chi connectivity index (χ3n) is 3.83. The Hall–Kier alpha value is -2.36. The summed E-state index contributed by atoms with van der Waals surface area (Å²) in [4.78, 5) is 3.23. The molecule has 3 aromatic rings. The number of hydrogen-bond donors (Lipinski definition) is 2. The van der Waals surface area contributed by atoms with Crippen LogP contribution in [0.15, 0.2) is 36.7 Å². The molecule has 0 aliphatic carbocycles. The lowest BCUT2D eigenvalue weighted by Gasteiger charge is -2.16. The highest BCUT2D eigenvalue weighted by atomic mass is 15.1. The van der Waals surface area contributed by atoms with Crippen LogP contribution in [0.3, 0.4) is 0 Å². The molecule has 1 aliphatic heterocycles. The molecule has 2 N–H and O–H groups in total. The number of hydrogen-bond acceptors (Lipinski definition) is 3. The summed E-state index contributed by atoms with van der Waals surface area (Å²) in [5.41, 5.74) is 5.66. The van der Waals surface area contributed by atoms with Gasteiger partial charge in [-0.15, -0.1) is 5.10 Å². The van der Waals surface area contributed by atoms with Crippen molar-refractivity contribution in [2.45, 2.75) is 19.4 Å². The molecule has 94 valence electrons. The molecule has 1 atom stereocenters. The number of anilines is 1. The summed E-state index contributed by atoms with van der Waals surface area (Å²) < 4.78 is 0.